The van der Waals surface area contributed by atoms with Crippen LogP contribution in [0.2, 0.25) is 0 Å². The quantitative estimate of drug-likeness (QED) is 0.798. The number of alkyl halides is 3. The van der Waals surface area contributed by atoms with E-state index < -0.39 is 11.6 Å². The van der Waals surface area contributed by atoms with Crippen molar-refractivity contribution in [3.63, 3.8) is 0 Å². The fourth-order valence-corrected chi connectivity index (χ4v) is 1.51. The third-order valence-electron chi connectivity index (χ3n) is 3.29. The maximum atomic E-state index is 11.6. The number of hydrogen-bond acceptors (Lipinski definition) is 2. The number of nitrogens with zero attached hydrogens (tertiary/aromatic N) is 1. The van der Waals surface area contributed by atoms with Crippen molar-refractivity contribution in [2.24, 2.45) is 5.41 Å². The summed E-state index contributed by atoms with van der Waals surface area (Å²) in [6.45, 7) is 5.87. The van der Waals surface area contributed by atoms with Gasteiger partial charge in [-0.05, 0) is 19.3 Å². The Kier molecular flexibility index (Phi) is 7.46. The number of hydrogen-bond donors (Lipinski definition) is 1. The molecule has 0 aromatic carbocycles. The molecule has 0 bridgehead atoms. The highest BCUT2D eigenvalue weighted by atomic mass is 19.4. The zero-order valence-electron chi connectivity index (χ0n) is 12.9. The van der Waals surface area contributed by atoms with Crippen LogP contribution in [0.15, 0.2) is 11.8 Å². The Morgan fingerprint density at radius 3 is 2.19 bits per heavy atom. The van der Waals surface area contributed by atoms with Gasteiger partial charge < -0.3 is 10.2 Å². The van der Waals surface area contributed by atoms with Crippen molar-refractivity contribution in [3.05, 3.63) is 11.8 Å². The SMILES string of the molecule is CC.CC1(C(F)(F)F)CC1.CNC(=O)C1=CCCN1C=O. The lowest BCUT2D eigenvalue weighted by Gasteiger charge is -2.11. The number of rotatable bonds is 2. The van der Waals surface area contributed by atoms with Gasteiger partial charge >= 0.3 is 6.18 Å². The number of likely N-dealkylation sites (N-methyl/N-ethyl adjacent to an activating group) is 1. The number of nitrogens with one attached hydrogen (secondary N) is 1. The summed E-state index contributed by atoms with van der Waals surface area (Å²) in [6.07, 6.45) is -0.122. The molecule has 1 aliphatic heterocycles. The van der Waals surface area contributed by atoms with E-state index >= 15 is 0 Å². The second-order valence-corrected chi connectivity index (χ2v) is 4.81. The van der Waals surface area contributed by atoms with Gasteiger partial charge in [0.1, 0.15) is 5.70 Å². The average Bonchev–Trinajstić information content (AvgIpc) is 3.06. The molecule has 21 heavy (non-hydrogen) atoms. The molecule has 2 amide bonds. The lowest BCUT2D eigenvalue weighted by atomic mass is 10.1. The van der Waals surface area contributed by atoms with E-state index in [0.29, 0.717) is 31.5 Å². The second kappa shape index (κ2) is 8.05. The molecule has 0 atom stereocenters. The molecule has 0 aromatic rings. The van der Waals surface area contributed by atoms with Crippen LogP contribution in [0.5, 0.6) is 0 Å². The Morgan fingerprint density at radius 2 is 1.90 bits per heavy atom. The summed E-state index contributed by atoms with van der Waals surface area (Å²) >= 11 is 0. The molecule has 7 heteroatoms. The minimum absolute atomic E-state index is 0.199. The summed E-state index contributed by atoms with van der Waals surface area (Å²) in [5, 5.41) is 2.46. The van der Waals surface area contributed by atoms with Crippen molar-refractivity contribution in [3.8, 4) is 0 Å². The van der Waals surface area contributed by atoms with Crippen molar-refractivity contribution < 1.29 is 22.8 Å². The third-order valence-corrected chi connectivity index (χ3v) is 3.29. The van der Waals surface area contributed by atoms with Crippen LogP contribution in [0.1, 0.15) is 40.0 Å². The zero-order chi connectivity index (χ0) is 16.7. The van der Waals surface area contributed by atoms with Gasteiger partial charge in [0.25, 0.3) is 5.91 Å². The van der Waals surface area contributed by atoms with Crippen LogP contribution >= 0.6 is 0 Å². The molecule has 0 unspecified atom stereocenters. The lowest BCUT2D eigenvalue weighted by molar-refractivity contribution is -0.181. The molecule has 4 nitrogen and oxygen atoms in total. The first-order chi connectivity index (χ1) is 9.75. The molecule has 2 rings (SSSR count). The van der Waals surface area contributed by atoms with Gasteiger partial charge in [-0.25, -0.2) is 0 Å². The van der Waals surface area contributed by atoms with Crippen molar-refractivity contribution in [1.29, 1.82) is 0 Å². The first-order valence-corrected chi connectivity index (χ1v) is 6.96. The maximum absolute atomic E-state index is 11.6. The highest BCUT2D eigenvalue weighted by Crippen LogP contribution is 2.56. The predicted octanol–water partition coefficient (Wildman–Crippen LogP) is 2.85. The number of carbonyl (C=O) groups excluding carboxylic acids is 2. The Labute approximate surface area is 123 Å². The van der Waals surface area contributed by atoms with Crippen molar-refractivity contribution in [2.75, 3.05) is 13.6 Å². The molecule has 2 aliphatic rings. The zero-order valence-corrected chi connectivity index (χ0v) is 12.9. The molecule has 0 spiro atoms. The van der Waals surface area contributed by atoms with Gasteiger partial charge in [-0.3, -0.25) is 9.59 Å². The van der Waals surface area contributed by atoms with E-state index in [-0.39, 0.29) is 5.91 Å². The largest absolute Gasteiger partial charge is 0.394 e. The Balaban J connectivity index is 0.000000354. The maximum Gasteiger partial charge on any atom is 0.394 e. The standard InChI is InChI=1S/C7H10N2O2.C5H7F3.C2H6/c1-8-7(11)6-3-2-4-9(6)5-10;1-4(2-3-4)5(6,7)8;1-2/h3,5H,2,4H2,1H3,(H,8,11);2-3H2,1H3;1-2H3. The van der Waals surface area contributed by atoms with Gasteiger partial charge in [-0.1, -0.05) is 26.8 Å². The van der Waals surface area contributed by atoms with Crippen molar-refractivity contribution in [1.82, 2.24) is 10.2 Å². The first kappa shape index (κ1) is 19.5. The van der Waals surface area contributed by atoms with Crippen LogP contribution in [0.3, 0.4) is 0 Å². The first-order valence-electron chi connectivity index (χ1n) is 6.96. The van der Waals surface area contributed by atoms with Crippen LogP contribution < -0.4 is 5.32 Å². The van der Waals surface area contributed by atoms with Gasteiger partial charge in [0.05, 0.1) is 5.41 Å². The smallest absolute Gasteiger partial charge is 0.354 e. The lowest BCUT2D eigenvalue weighted by Crippen LogP contribution is -2.29. The van der Waals surface area contributed by atoms with Crippen LogP contribution in [0, 0.1) is 5.41 Å². The summed E-state index contributed by atoms with van der Waals surface area (Å²) in [5.74, 6) is -0.199. The van der Waals surface area contributed by atoms with Gasteiger partial charge in [0.2, 0.25) is 6.41 Å². The molecular weight excluding hydrogens is 285 g/mol. The molecule has 0 aromatic heterocycles. The van der Waals surface area contributed by atoms with Gasteiger partial charge in [-0.15, -0.1) is 0 Å². The number of carbonyl (C=O) groups is 2. The molecule has 1 aliphatic carbocycles. The molecule has 1 heterocycles. The summed E-state index contributed by atoms with van der Waals surface area (Å²) in [7, 11) is 1.55. The van der Waals surface area contributed by atoms with E-state index in [2.05, 4.69) is 5.32 Å². The number of halogens is 3. The van der Waals surface area contributed by atoms with Crippen LogP contribution in [0.4, 0.5) is 13.2 Å². The van der Waals surface area contributed by atoms with Crippen molar-refractivity contribution >= 4 is 12.3 Å². The third kappa shape index (κ3) is 5.40. The highest BCUT2D eigenvalue weighted by molar-refractivity contribution is 5.95. The van der Waals surface area contributed by atoms with Gasteiger partial charge in [0.15, 0.2) is 0 Å². The highest BCUT2D eigenvalue weighted by Gasteiger charge is 2.59. The van der Waals surface area contributed by atoms with Crippen LogP contribution in [-0.4, -0.2) is 37.0 Å². The van der Waals surface area contributed by atoms with E-state index in [1.807, 2.05) is 13.8 Å². The molecule has 1 N–H and O–H groups in total. The van der Waals surface area contributed by atoms with Gasteiger partial charge in [0, 0.05) is 13.6 Å². The van der Waals surface area contributed by atoms with E-state index in [9.17, 15) is 22.8 Å². The van der Waals surface area contributed by atoms with Crippen LogP contribution in [0.25, 0.3) is 0 Å². The minimum Gasteiger partial charge on any atom is -0.354 e. The molecule has 1 fully saturated rings. The van der Waals surface area contributed by atoms with Gasteiger partial charge in [-0.2, -0.15) is 13.2 Å². The molecule has 122 valence electrons. The topological polar surface area (TPSA) is 49.4 Å². The molecule has 0 radical (unpaired) electrons. The molecule has 1 saturated carbocycles. The number of amides is 2. The molecular formula is C14H23F3N2O2. The normalized spacial score (nSPS) is 18.4. The second-order valence-electron chi connectivity index (χ2n) is 4.81. The summed E-state index contributed by atoms with van der Waals surface area (Å²) < 4.78 is 34.9. The minimum atomic E-state index is -3.95. The summed E-state index contributed by atoms with van der Waals surface area (Å²) in [4.78, 5) is 22.7. The van der Waals surface area contributed by atoms with Crippen molar-refractivity contribution in [2.45, 2.75) is 46.2 Å². The predicted molar refractivity (Wildman–Crippen MR) is 74.3 cm³/mol. The molecule has 0 saturated heterocycles. The summed E-state index contributed by atoms with van der Waals surface area (Å²) in [6, 6.07) is 0. The average molecular weight is 308 g/mol. The Hall–Kier alpha value is -1.53. The monoisotopic (exact) mass is 308 g/mol. The van der Waals surface area contributed by atoms with E-state index in [0.717, 1.165) is 6.42 Å². The van der Waals surface area contributed by atoms with E-state index in [1.54, 1.807) is 13.1 Å². The van der Waals surface area contributed by atoms with E-state index in [1.165, 1.54) is 11.8 Å². The fourth-order valence-electron chi connectivity index (χ4n) is 1.51. The Bertz CT molecular complexity index is 385. The van der Waals surface area contributed by atoms with Crippen LogP contribution in [-0.2, 0) is 9.59 Å². The fraction of sp³-hybridized carbons (Fsp3) is 0.714. The van der Waals surface area contributed by atoms with E-state index in [4.69, 9.17) is 0 Å². The Morgan fingerprint density at radius 1 is 1.38 bits per heavy atom. The summed E-state index contributed by atoms with van der Waals surface area (Å²) in [5.41, 5.74) is -0.852.